The van der Waals surface area contributed by atoms with Gasteiger partial charge in [-0.1, -0.05) is 94.2 Å². The number of carbonyl (C=O) groups is 1. The van der Waals surface area contributed by atoms with Gasteiger partial charge in [0.25, 0.3) is 5.69 Å². The van der Waals surface area contributed by atoms with Crippen molar-refractivity contribution in [2.45, 2.75) is 103 Å². The second-order valence-electron chi connectivity index (χ2n) is 17.7. The number of nitro groups is 1. The van der Waals surface area contributed by atoms with Gasteiger partial charge >= 0.3 is 6.09 Å². The van der Waals surface area contributed by atoms with Crippen molar-refractivity contribution >= 4 is 17.5 Å². The van der Waals surface area contributed by atoms with Crippen molar-refractivity contribution in [3.05, 3.63) is 118 Å². The Kier molecular flexibility index (Phi) is 15.8. The molecule has 1 aliphatic heterocycles. The van der Waals surface area contributed by atoms with E-state index in [1.165, 1.54) is 12.1 Å². The highest BCUT2D eigenvalue weighted by molar-refractivity contribution is 6.03. The summed E-state index contributed by atoms with van der Waals surface area (Å²) in [6, 6.07) is 20.8. The first-order chi connectivity index (χ1) is 29.9. The van der Waals surface area contributed by atoms with Crippen molar-refractivity contribution in [2.75, 3.05) is 33.0 Å². The molecular formula is C49H63N3O10. The summed E-state index contributed by atoms with van der Waals surface area (Å²) in [5, 5.41) is 36.4. The van der Waals surface area contributed by atoms with Crippen molar-refractivity contribution in [1.29, 1.82) is 0 Å². The molecule has 3 aliphatic rings. The van der Waals surface area contributed by atoms with Gasteiger partial charge in [-0.05, 0) is 84.8 Å². The number of aliphatic hydroxyl groups excluding tert-OH is 2. The highest BCUT2D eigenvalue weighted by Gasteiger charge is 2.65. The number of unbranched alkanes of at least 4 members (excludes halogenated alkanes) is 2. The molecule has 13 nitrogen and oxygen atoms in total. The molecule has 6 rings (SSSR count). The normalized spacial score (nSPS) is 23.3. The number of aliphatic hydroxyl groups is 2. The van der Waals surface area contributed by atoms with Crippen molar-refractivity contribution in [2.24, 2.45) is 28.3 Å². The quantitative estimate of drug-likeness (QED) is 0.0456. The van der Waals surface area contributed by atoms with Crippen molar-refractivity contribution < 1.29 is 43.7 Å². The van der Waals surface area contributed by atoms with Crippen LogP contribution >= 0.6 is 0 Å². The lowest BCUT2D eigenvalue weighted by atomic mass is 9.55. The number of ether oxygens (including phenoxy) is 4. The van der Waals surface area contributed by atoms with Gasteiger partial charge in [0.15, 0.2) is 0 Å². The van der Waals surface area contributed by atoms with Crippen LogP contribution in [0.3, 0.4) is 0 Å². The van der Waals surface area contributed by atoms with E-state index in [1.54, 1.807) is 29.2 Å². The Balaban J connectivity index is 1.58. The number of carbonyl (C=O) groups excluding carboxylic acids is 1. The van der Waals surface area contributed by atoms with Crippen LogP contribution in [0.4, 0.5) is 10.5 Å². The van der Waals surface area contributed by atoms with E-state index in [2.05, 4.69) is 12.7 Å². The number of fused-ring (bicyclic) bond motifs is 2. The zero-order valence-corrected chi connectivity index (χ0v) is 36.6. The number of allylic oxidation sites excluding steroid dienone is 1. The molecule has 0 aromatic heterocycles. The van der Waals surface area contributed by atoms with Gasteiger partial charge < -0.3 is 34.0 Å². The van der Waals surface area contributed by atoms with Gasteiger partial charge in [-0.2, -0.15) is 0 Å². The van der Waals surface area contributed by atoms with Gasteiger partial charge in [-0.15, -0.1) is 6.58 Å². The monoisotopic (exact) mass is 853 g/mol. The third-order valence-electron chi connectivity index (χ3n) is 11.9. The molecule has 334 valence electrons. The van der Waals surface area contributed by atoms with Crippen molar-refractivity contribution in [1.82, 2.24) is 4.90 Å². The fraction of sp³-hybridized carbons (Fsp3) is 0.510. The minimum atomic E-state index is -1.44. The number of hydrogen-bond donors (Lipinski definition) is 2. The summed E-state index contributed by atoms with van der Waals surface area (Å²) in [5.74, 6) is -0.879. The second-order valence-corrected chi connectivity index (χ2v) is 17.7. The molecule has 3 aromatic rings. The fourth-order valence-corrected chi connectivity index (χ4v) is 9.24. The largest absolute Gasteiger partial charge is 0.459 e. The van der Waals surface area contributed by atoms with Crippen LogP contribution in [0.25, 0.3) is 0 Å². The molecule has 1 amide bonds. The minimum absolute atomic E-state index is 0.00545. The molecule has 6 atom stereocenters. The van der Waals surface area contributed by atoms with E-state index < -0.39 is 28.8 Å². The van der Waals surface area contributed by atoms with Crippen LogP contribution in [0.15, 0.2) is 102 Å². The van der Waals surface area contributed by atoms with Crippen LogP contribution < -0.4 is 9.47 Å². The topological polar surface area (TPSA) is 162 Å². The van der Waals surface area contributed by atoms with Gasteiger partial charge in [-0.25, -0.2) is 4.79 Å². The van der Waals surface area contributed by atoms with Crippen molar-refractivity contribution in [3.8, 4) is 17.2 Å². The number of nitro benzene ring substituents is 1. The average Bonchev–Trinajstić information content (AvgIpc) is 3.26. The van der Waals surface area contributed by atoms with Crippen LogP contribution in [-0.4, -0.2) is 76.6 Å². The van der Waals surface area contributed by atoms with E-state index in [9.17, 15) is 25.1 Å². The maximum atomic E-state index is 14.5. The lowest BCUT2D eigenvalue weighted by Gasteiger charge is -2.60. The molecule has 2 aliphatic carbocycles. The molecule has 2 N–H and O–H groups in total. The SMILES string of the molecule is C=CCOC12Oc3ccc(Oc4cccc([N+](=O)[O-])c4)cc3C3C(CCCCO)C(CCCCO)C=C(C(=NOCc4ccccc4)CC1N(CCC)C(=O)OCC(C)(C)C)C32. The Hall–Kier alpha value is -5.24. The van der Waals surface area contributed by atoms with Gasteiger partial charge in [0.1, 0.15) is 29.9 Å². The highest BCUT2D eigenvalue weighted by Crippen LogP contribution is 2.62. The predicted octanol–water partition coefficient (Wildman–Crippen LogP) is 10.1. The van der Waals surface area contributed by atoms with Crippen LogP contribution in [0.2, 0.25) is 0 Å². The first-order valence-corrected chi connectivity index (χ1v) is 22.0. The Labute approximate surface area is 365 Å². The van der Waals surface area contributed by atoms with E-state index in [0.717, 1.165) is 42.4 Å². The molecule has 1 fully saturated rings. The van der Waals surface area contributed by atoms with Crippen LogP contribution in [-0.2, 0) is 20.9 Å². The van der Waals surface area contributed by atoms with Crippen LogP contribution in [0.1, 0.15) is 96.1 Å². The summed E-state index contributed by atoms with van der Waals surface area (Å²) in [5.41, 5.74) is 3.05. The zero-order chi connectivity index (χ0) is 44.3. The third-order valence-corrected chi connectivity index (χ3v) is 11.9. The maximum absolute atomic E-state index is 14.5. The zero-order valence-electron chi connectivity index (χ0n) is 36.6. The van der Waals surface area contributed by atoms with Crippen LogP contribution in [0, 0.1) is 33.3 Å². The van der Waals surface area contributed by atoms with Gasteiger partial charge in [0.2, 0.25) is 5.79 Å². The second kappa shape index (κ2) is 21.2. The summed E-state index contributed by atoms with van der Waals surface area (Å²) in [4.78, 5) is 33.6. The Bertz CT molecular complexity index is 2050. The van der Waals surface area contributed by atoms with Crippen LogP contribution in [0.5, 0.6) is 17.2 Å². The third kappa shape index (κ3) is 10.9. The predicted molar refractivity (Wildman–Crippen MR) is 237 cm³/mol. The standard InChI is InChI=1S/C49H63N3O10/c1-6-24-51(47(55)58-33-48(3,4)5)44-31-42(50-60-32-34-16-9-8-10-17-34)40-28-35(18-11-13-25-53)39(21-12-14-26-54)45-41-30-38(61-37-20-15-19-36(29-37)52(56)57)22-23-43(41)62-49(44,46(40)45)59-27-7-2/h7-10,15-17,19-20,22-23,28-30,35,39,44-46,53-54H,2,6,11-14,18,21,24-27,31-33H2,1,3-5H3. The molecule has 1 heterocycles. The molecule has 6 unspecified atom stereocenters. The molecule has 0 radical (unpaired) electrons. The number of oxime groups is 1. The van der Waals surface area contributed by atoms with E-state index in [1.807, 2.05) is 70.2 Å². The average molecular weight is 854 g/mol. The smallest absolute Gasteiger partial charge is 0.410 e. The first-order valence-electron chi connectivity index (χ1n) is 22.0. The molecule has 0 saturated heterocycles. The highest BCUT2D eigenvalue weighted by atomic mass is 16.7. The Morgan fingerprint density at radius 1 is 1.02 bits per heavy atom. The summed E-state index contributed by atoms with van der Waals surface area (Å²) in [6.07, 6.45) is 8.77. The Morgan fingerprint density at radius 2 is 1.76 bits per heavy atom. The number of nitrogens with zero attached hydrogens (tertiary/aromatic N) is 3. The van der Waals surface area contributed by atoms with Gasteiger partial charge in [0, 0.05) is 43.7 Å². The van der Waals surface area contributed by atoms with Gasteiger partial charge in [0.05, 0.1) is 35.8 Å². The fourth-order valence-electron chi connectivity index (χ4n) is 9.24. The van der Waals surface area contributed by atoms with E-state index in [4.69, 9.17) is 28.9 Å². The molecule has 3 aromatic carbocycles. The summed E-state index contributed by atoms with van der Waals surface area (Å²) in [6.45, 7) is 13.2. The van der Waals surface area contributed by atoms with E-state index in [-0.39, 0.29) is 68.3 Å². The molecule has 0 spiro atoms. The van der Waals surface area contributed by atoms with E-state index in [0.29, 0.717) is 48.8 Å². The van der Waals surface area contributed by atoms with E-state index >= 15 is 0 Å². The molecule has 1 saturated carbocycles. The number of non-ortho nitro benzene ring substituents is 1. The minimum Gasteiger partial charge on any atom is -0.459 e. The van der Waals surface area contributed by atoms with Gasteiger partial charge in [-0.3, -0.25) is 15.0 Å². The number of amides is 1. The summed E-state index contributed by atoms with van der Waals surface area (Å²) >= 11 is 0. The first kappa shape index (κ1) is 46.3. The molecule has 0 bridgehead atoms. The summed E-state index contributed by atoms with van der Waals surface area (Å²) < 4.78 is 26.8. The lowest BCUT2D eigenvalue weighted by molar-refractivity contribution is -0.384. The Morgan fingerprint density at radius 3 is 2.45 bits per heavy atom. The number of hydrogen-bond acceptors (Lipinski definition) is 11. The maximum Gasteiger partial charge on any atom is 0.410 e. The molecule has 62 heavy (non-hydrogen) atoms. The molecule has 13 heteroatoms. The molecular weight excluding hydrogens is 791 g/mol. The number of rotatable bonds is 21. The number of benzene rings is 3. The van der Waals surface area contributed by atoms with Crippen molar-refractivity contribution in [3.63, 3.8) is 0 Å². The summed E-state index contributed by atoms with van der Waals surface area (Å²) in [7, 11) is 0. The lowest BCUT2D eigenvalue weighted by Crippen LogP contribution is -2.70.